The lowest BCUT2D eigenvalue weighted by Crippen LogP contribution is -2.34. The predicted molar refractivity (Wildman–Crippen MR) is 131 cm³/mol. The van der Waals surface area contributed by atoms with Gasteiger partial charge in [-0.15, -0.1) is 0 Å². The number of hydrogen-bond acceptors (Lipinski definition) is 6. The number of H-pyrrole nitrogens is 1. The summed E-state index contributed by atoms with van der Waals surface area (Å²) in [7, 11) is 1.51. The summed E-state index contributed by atoms with van der Waals surface area (Å²) in [5, 5.41) is 8.24. The van der Waals surface area contributed by atoms with Crippen LogP contribution in [0.4, 0.5) is 11.4 Å². The van der Waals surface area contributed by atoms with E-state index in [1.165, 1.54) is 13.2 Å². The van der Waals surface area contributed by atoms with Gasteiger partial charge in [0, 0.05) is 11.4 Å². The molecule has 4 aromatic rings. The fourth-order valence-electron chi connectivity index (χ4n) is 3.46. The fourth-order valence-corrected chi connectivity index (χ4v) is 3.46. The summed E-state index contributed by atoms with van der Waals surface area (Å²) in [6.45, 7) is -0.628. The molecular formula is C25H22N4O6. The number of rotatable bonds is 8. The average molecular weight is 474 g/mol. The molecule has 0 atom stereocenters. The fraction of sp³-hybridized carbons (Fsp3) is 0.120. The summed E-state index contributed by atoms with van der Waals surface area (Å²) in [6, 6.07) is 19.8. The Morgan fingerprint density at radius 3 is 2.17 bits per heavy atom. The smallest absolute Gasteiger partial charge is 0.273 e. The number of fused-ring (bicyclic) bond motifs is 1. The van der Waals surface area contributed by atoms with E-state index in [4.69, 9.17) is 9.47 Å². The molecule has 0 spiro atoms. The van der Waals surface area contributed by atoms with Gasteiger partial charge in [-0.25, -0.2) is 4.68 Å². The molecule has 0 unspecified atom stereocenters. The summed E-state index contributed by atoms with van der Waals surface area (Å²) in [4.78, 5) is 49.6. The van der Waals surface area contributed by atoms with Crippen molar-refractivity contribution in [3.8, 4) is 11.5 Å². The van der Waals surface area contributed by atoms with Gasteiger partial charge in [0.05, 0.1) is 17.9 Å². The zero-order valence-corrected chi connectivity index (χ0v) is 18.7. The maximum absolute atomic E-state index is 12.6. The molecule has 178 valence electrons. The van der Waals surface area contributed by atoms with Crippen LogP contribution in [-0.2, 0) is 16.1 Å². The highest BCUT2D eigenvalue weighted by atomic mass is 16.5. The first-order valence-corrected chi connectivity index (χ1v) is 10.6. The highest BCUT2D eigenvalue weighted by molar-refractivity contribution is 5.94. The second kappa shape index (κ2) is 10.4. The zero-order valence-electron chi connectivity index (χ0n) is 18.7. The quantitative estimate of drug-likeness (QED) is 0.359. The third kappa shape index (κ3) is 5.56. The number of carbonyl (C=O) groups is 2. The number of para-hydroxylation sites is 2. The molecule has 1 heterocycles. The standard InChI is InChI=1S/C25H22N4O6/c1-34-20-11-4-5-12-21(20)35-15-23(31)27-17-8-6-7-16(13-17)26-22(30)14-29-25(33)19-10-3-2-9-18(19)24(32)28-29/h2-13H,14-15H2,1H3,(H,26,30)(H,27,31)(H,28,32). The molecule has 10 heteroatoms. The summed E-state index contributed by atoms with van der Waals surface area (Å²) in [6.07, 6.45) is 0. The van der Waals surface area contributed by atoms with Gasteiger partial charge >= 0.3 is 0 Å². The van der Waals surface area contributed by atoms with Crippen LogP contribution in [0.2, 0.25) is 0 Å². The maximum Gasteiger partial charge on any atom is 0.273 e. The molecule has 0 fully saturated rings. The lowest BCUT2D eigenvalue weighted by Gasteiger charge is -2.12. The molecule has 0 saturated carbocycles. The van der Waals surface area contributed by atoms with Crippen LogP contribution in [0.5, 0.6) is 11.5 Å². The molecule has 0 aliphatic rings. The van der Waals surface area contributed by atoms with E-state index in [0.717, 1.165) is 4.68 Å². The van der Waals surface area contributed by atoms with Crippen LogP contribution in [0.3, 0.4) is 0 Å². The zero-order chi connectivity index (χ0) is 24.8. The second-order valence-corrected chi connectivity index (χ2v) is 7.49. The number of aromatic nitrogens is 2. The number of anilines is 2. The average Bonchev–Trinajstić information content (AvgIpc) is 2.86. The molecule has 0 saturated heterocycles. The minimum absolute atomic E-state index is 0.226. The van der Waals surface area contributed by atoms with Crippen molar-refractivity contribution in [1.82, 2.24) is 9.78 Å². The molecule has 1 aromatic heterocycles. The van der Waals surface area contributed by atoms with Crippen molar-refractivity contribution in [2.75, 3.05) is 24.4 Å². The van der Waals surface area contributed by atoms with Crippen molar-refractivity contribution in [2.24, 2.45) is 0 Å². The van der Waals surface area contributed by atoms with Crippen molar-refractivity contribution >= 4 is 34.0 Å². The van der Waals surface area contributed by atoms with Crippen molar-refractivity contribution in [2.45, 2.75) is 6.54 Å². The summed E-state index contributed by atoms with van der Waals surface area (Å²) in [5.41, 5.74) is -0.109. The van der Waals surface area contributed by atoms with Crippen LogP contribution in [-0.4, -0.2) is 35.3 Å². The van der Waals surface area contributed by atoms with Crippen LogP contribution in [0.15, 0.2) is 82.4 Å². The Bertz CT molecular complexity index is 1510. The predicted octanol–water partition coefficient (Wildman–Crippen LogP) is 2.35. The molecular weight excluding hydrogens is 452 g/mol. The molecule has 10 nitrogen and oxygen atoms in total. The molecule has 0 bridgehead atoms. The number of hydrogen-bond donors (Lipinski definition) is 3. The SMILES string of the molecule is COc1ccccc1OCC(=O)Nc1cccc(NC(=O)Cn2[nH]c(=O)c3ccccc3c2=O)c1. The minimum Gasteiger partial charge on any atom is -0.493 e. The first-order chi connectivity index (χ1) is 16.9. The molecule has 4 rings (SSSR count). The van der Waals surface area contributed by atoms with Crippen molar-refractivity contribution in [3.05, 3.63) is 93.5 Å². The number of nitrogens with zero attached hydrogens (tertiary/aromatic N) is 1. The van der Waals surface area contributed by atoms with Gasteiger partial charge in [-0.3, -0.25) is 24.3 Å². The van der Waals surface area contributed by atoms with Gasteiger partial charge in [0.1, 0.15) is 6.54 Å². The number of carbonyl (C=O) groups excluding carboxylic acids is 2. The third-order valence-corrected chi connectivity index (χ3v) is 5.04. The highest BCUT2D eigenvalue weighted by Gasteiger charge is 2.12. The monoisotopic (exact) mass is 474 g/mol. The molecule has 0 radical (unpaired) electrons. The maximum atomic E-state index is 12.6. The summed E-state index contributed by atoms with van der Waals surface area (Å²) in [5.74, 6) is 0.0192. The van der Waals surface area contributed by atoms with Crippen LogP contribution >= 0.6 is 0 Å². The Balaban J connectivity index is 1.38. The van der Waals surface area contributed by atoms with Crippen molar-refractivity contribution in [1.29, 1.82) is 0 Å². The number of aromatic amines is 1. The van der Waals surface area contributed by atoms with E-state index in [0.29, 0.717) is 22.9 Å². The Hall–Kier alpha value is -4.86. The summed E-state index contributed by atoms with van der Waals surface area (Å²) >= 11 is 0. The topological polar surface area (TPSA) is 132 Å². The Labute approximate surface area is 199 Å². The molecule has 0 aliphatic carbocycles. The van der Waals surface area contributed by atoms with Gasteiger partial charge < -0.3 is 20.1 Å². The van der Waals surface area contributed by atoms with E-state index in [1.807, 2.05) is 0 Å². The van der Waals surface area contributed by atoms with Gasteiger partial charge in [0.2, 0.25) is 5.91 Å². The third-order valence-electron chi connectivity index (χ3n) is 5.04. The normalized spacial score (nSPS) is 10.5. The second-order valence-electron chi connectivity index (χ2n) is 7.49. The van der Waals surface area contributed by atoms with E-state index in [1.54, 1.807) is 66.7 Å². The van der Waals surface area contributed by atoms with Crippen molar-refractivity contribution in [3.63, 3.8) is 0 Å². The van der Waals surface area contributed by atoms with E-state index >= 15 is 0 Å². The largest absolute Gasteiger partial charge is 0.493 e. The number of ether oxygens (including phenoxy) is 2. The van der Waals surface area contributed by atoms with E-state index in [9.17, 15) is 19.2 Å². The van der Waals surface area contributed by atoms with Gasteiger partial charge in [-0.05, 0) is 42.5 Å². The van der Waals surface area contributed by atoms with E-state index in [-0.39, 0.29) is 23.9 Å². The lowest BCUT2D eigenvalue weighted by atomic mass is 10.2. The first kappa shape index (κ1) is 23.3. The number of benzene rings is 3. The Morgan fingerprint density at radius 2 is 1.46 bits per heavy atom. The number of methoxy groups -OCH3 is 1. The van der Waals surface area contributed by atoms with Crippen LogP contribution in [0.1, 0.15) is 0 Å². The first-order valence-electron chi connectivity index (χ1n) is 10.6. The van der Waals surface area contributed by atoms with E-state index in [2.05, 4.69) is 15.7 Å². The highest BCUT2D eigenvalue weighted by Crippen LogP contribution is 2.25. The van der Waals surface area contributed by atoms with Gasteiger partial charge in [-0.2, -0.15) is 0 Å². The lowest BCUT2D eigenvalue weighted by molar-refractivity contribution is -0.118. The van der Waals surface area contributed by atoms with Gasteiger partial charge in [0.15, 0.2) is 18.1 Å². The molecule has 0 aliphatic heterocycles. The van der Waals surface area contributed by atoms with Crippen LogP contribution in [0, 0.1) is 0 Å². The Kier molecular flexibility index (Phi) is 6.91. The molecule has 2 amide bonds. The number of nitrogens with one attached hydrogen (secondary N) is 3. The van der Waals surface area contributed by atoms with Gasteiger partial charge in [0.25, 0.3) is 17.0 Å². The van der Waals surface area contributed by atoms with E-state index < -0.39 is 22.9 Å². The number of amides is 2. The molecule has 35 heavy (non-hydrogen) atoms. The minimum atomic E-state index is -0.527. The Morgan fingerprint density at radius 1 is 0.829 bits per heavy atom. The molecule has 3 aromatic carbocycles. The summed E-state index contributed by atoms with van der Waals surface area (Å²) < 4.78 is 11.7. The van der Waals surface area contributed by atoms with Crippen LogP contribution < -0.4 is 31.2 Å². The molecule has 3 N–H and O–H groups in total. The van der Waals surface area contributed by atoms with Crippen molar-refractivity contribution < 1.29 is 19.1 Å². The van der Waals surface area contributed by atoms with Crippen LogP contribution in [0.25, 0.3) is 10.8 Å². The van der Waals surface area contributed by atoms with Gasteiger partial charge in [-0.1, -0.05) is 30.3 Å².